The number of hydrogen-bond donors (Lipinski definition) is 1. The van der Waals surface area contributed by atoms with Crippen LogP contribution in [0.1, 0.15) is 22.9 Å². The first kappa shape index (κ1) is 19.6. The Hall–Kier alpha value is -2.19. The Bertz CT molecular complexity index is 1090. The summed E-state index contributed by atoms with van der Waals surface area (Å²) in [6, 6.07) is 4.57. The van der Waals surface area contributed by atoms with Gasteiger partial charge in [-0.25, -0.2) is 9.37 Å². The van der Waals surface area contributed by atoms with Crippen molar-refractivity contribution in [2.45, 2.75) is 39.4 Å². The molecule has 1 N–H and O–H groups in total. The Morgan fingerprint density at radius 2 is 2.07 bits per heavy atom. The number of halogens is 1. The summed E-state index contributed by atoms with van der Waals surface area (Å²) in [6.45, 7) is 7.92. The van der Waals surface area contributed by atoms with Gasteiger partial charge in [0.2, 0.25) is 5.91 Å². The van der Waals surface area contributed by atoms with Crippen LogP contribution < -0.4 is 10.9 Å². The average Bonchev–Trinajstić information content (AvgIpc) is 2.91. The maximum atomic E-state index is 13.6. The molecule has 8 heteroatoms. The standard InChI is InChI=1S/C19H20FN3O2S2/c1-5-23-18(25)16-11(3)12(4)27-17(16)22-19(23)26-9-15(24)21-13-7-6-10(2)14(20)8-13/h6-8H,5,9H2,1-4H3,(H,21,24). The third-order valence-corrected chi connectivity index (χ3v) is 6.44. The van der Waals surface area contributed by atoms with Gasteiger partial charge in [-0.3, -0.25) is 14.2 Å². The number of hydrogen-bond acceptors (Lipinski definition) is 5. The minimum Gasteiger partial charge on any atom is -0.325 e. The Labute approximate surface area is 164 Å². The first-order valence-electron chi connectivity index (χ1n) is 8.51. The van der Waals surface area contributed by atoms with Crippen LogP contribution in [-0.2, 0) is 11.3 Å². The van der Waals surface area contributed by atoms with E-state index in [1.54, 1.807) is 23.6 Å². The number of rotatable bonds is 5. The van der Waals surface area contributed by atoms with Gasteiger partial charge in [0.25, 0.3) is 5.56 Å². The molecule has 2 heterocycles. The second kappa shape index (κ2) is 7.82. The molecule has 0 unspecified atom stereocenters. The SMILES string of the molecule is CCn1c(SCC(=O)Nc2ccc(C)c(F)c2)nc2sc(C)c(C)c2c1=O. The summed E-state index contributed by atoms with van der Waals surface area (Å²) in [5.41, 5.74) is 1.82. The summed E-state index contributed by atoms with van der Waals surface area (Å²) in [5.74, 6) is -0.564. The van der Waals surface area contributed by atoms with Crippen LogP contribution in [0.2, 0.25) is 0 Å². The van der Waals surface area contributed by atoms with Crippen molar-refractivity contribution in [3.8, 4) is 0 Å². The Morgan fingerprint density at radius 3 is 2.74 bits per heavy atom. The van der Waals surface area contributed by atoms with E-state index >= 15 is 0 Å². The highest BCUT2D eigenvalue weighted by molar-refractivity contribution is 7.99. The summed E-state index contributed by atoms with van der Waals surface area (Å²) < 4.78 is 15.2. The highest BCUT2D eigenvalue weighted by atomic mass is 32.2. The van der Waals surface area contributed by atoms with Crippen molar-refractivity contribution >= 4 is 44.9 Å². The molecular formula is C19H20FN3O2S2. The fraction of sp³-hybridized carbons (Fsp3) is 0.316. The number of nitrogens with zero attached hydrogens (tertiary/aromatic N) is 2. The van der Waals surface area contributed by atoms with Gasteiger partial charge in [-0.05, 0) is 51.0 Å². The van der Waals surface area contributed by atoms with E-state index in [4.69, 9.17) is 0 Å². The van der Waals surface area contributed by atoms with Crippen LogP contribution >= 0.6 is 23.1 Å². The van der Waals surface area contributed by atoms with Crippen molar-refractivity contribution in [3.63, 3.8) is 0 Å². The number of aromatic nitrogens is 2. The average molecular weight is 406 g/mol. The first-order valence-corrected chi connectivity index (χ1v) is 10.3. The minimum atomic E-state index is -0.365. The van der Waals surface area contributed by atoms with Crippen molar-refractivity contribution in [1.82, 2.24) is 9.55 Å². The van der Waals surface area contributed by atoms with Crippen LogP contribution in [0.5, 0.6) is 0 Å². The molecule has 0 saturated heterocycles. The van der Waals surface area contributed by atoms with Crippen molar-refractivity contribution in [1.29, 1.82) is 0 Å². The lowest BCUT2D eigenvalue weighted by Gasteiger charge is -2.10. The molecule has 142 valence electrons. The zero-order valence-electron chi connectivity index (χ0n) is 15.6. The number of carbonyl (C=O) groups is 1. The number of thioether (sulfide) groups is 1. The molecule has 2 aromatic heterocycles. The second-order valence-electron chi connectivity index (χ2n) is 6.21. The van der Waals surface area contributed by atoms with Gasteiger partial charge < -0.3 is 5.32 Å². The van der Waals surface area contributed by atoms with Gasteiger partial charge in [-0.2, -0.15) is 0 Å². The van der Waals surface area contributed by atoms with Gasteiger partial charge in [0.1, 0.15) is 10.6 Å². The highest BCUT2D eigenvalue weighted by Crippen LogP contribution is 2.28. The number of fused-ring (bicyclic) bond motifs is 1. The predicted octanol–water partition coefficient (Wildman–Crippen LogP) is 4.27. The Balaban J connectivity index is 1.80. The number of benzene rings is 1. The summed E-state index contributed by atoms with van der Waals surface area (Å²) in [6.07, 6.45) is 0. The molecule has 1 amide bonds. The zero-order valence-corrected chi connectivity index (χ0v) is 17.2. The molecule has 0 saturated carbocycles. The van der Waals surface area contributed by atoms with Gasteiger partial charge in [-0.1, -0.05) is 17.8 Å². The molecule has 0 fully saturated rings. The molecule has 0 bridgehead atoms. The number of anilines is 1. The zero-order chi connectivity index (χ0) is 19.7. The van der Waals surface area contributed by atoms with Crippen LogP contribution in [0.3, 0.4) is 0 Å². The van der Waals surface area contributed by atoms with E-state index in [1.165, 1.54) is 29.2 Å². The number of thiophene rings is 1. The van der Waals surface area contributed by atoms with E-state index in [2.05, 4.69) is 10.3 Å². The van der Waals surface area contributed by atoms with Crippen molar-refractivity contribution in [2.75, 3.05) is 11.1 Å². The number of nitrogens with one attached hydrogen (secondary N) is 1. The lowest BCUT2D eigenvalue weighted by atomic mass is 10.2. The summed E-state index contributed by atoms with van der Waals surface area (Å²) in [5, 5.41) is 3.84. The van der Waals surface area contributed by atoms with Crippen LogP contribution in [-0.4, -0.2) is 21.2 Å². The van der Waals surface area contributed by atoms with Crippen molar-refractivity contribution < 1.29 is 9.18 Å². The van der Waals surface area contributed by atoms with Crippen LogP contribution in [0.25, 0.3) is 10.2 Å². The fourth-order valence-electron chi connectivity index (χ4n) is 2.70. The first-order chi connectivity index (χ1) is 12.8. The van der Waals surface area contributed by atoms with E-state index in [-0.39, 0.29) is 23.0 Å². The summed E-state index contributed by atoms with van der Waals surface area (Å²) in [4.78, 5) is 31.4. The lowest BCUT2D eigenvalue weighted by Crippen LogP contribution is -2.23. The molecule has 0 aliphatic carbocycles. The van der Waals surface area contributed by atoms with Gasteiger partial charge in [0.15, 0.2) is 5.16 Å². The molecule has 3 aromatic rings. The quantitative estimate of drug-likeness (QED) is 0.508. The molecular weight excluding hydrogens is 385 g/mol. The normalized spacial score (nSPS) is 11.1. The maximum Gasteiger partial charge on any atom is 0.263 e. The molecule has 3 rings (SSSR count). The van der Waals surface area contributed by atoms with Crippen LogP contribution in [0.15, 0.2) is 28.2 Å². The molecule has 0 spiro atoms. The van der Waals surface area contributed by atoms with Gasteiger partial charge in [-0.15, -0.1) is 11.3 Å². The molecule has 0 aliphatic rings. The number of carbonyl (C=O) groups excluding carboxylic acids is 1. The Morgan fingerprint density at radius 1 is 1.33 bits per heavy atom. The topological polar surface area (TPSA) is 64.0 Å². The van der Waals surface area contributed by atoms with Crippen molar-refractivity contribution in [2.24, 2.45) is 0 Å². The number of amides is 1. The van der Waals surface area contributed by atoms with Gasteiger partial charge in [0, 0.05) is 17.1 Å². The van der Waals surface area contributed by atoms with E-state index in [0.29, 0.717) is 33.2 Å². The Kier molecular flexibility index (Phi) is 5.67. The monoisotopic (exact) mass is 405 g/mol. The third-order valence-electron chi connectivity index (χ3n) is 4.36. The van der Waals surface area contributed by atoms with Crippen LogP contribution in [0, 0.1) is 26.6 Å². The minimum absolute atomic E-state index is 0.0761. The van der Waals surface area contributed by atoms with E-state index in [0.717, 1.165) is 10.4 Å². The molecule has 5 nitrogen and oxygen atoms in total. The lowest BCUT2D eigenvalue weighted by molar-refractivity contribution is -0.113. The van der Waals surface area contributed by atoms with E-state index < -0.39 is 0 Å². The predicted molar refractivity (Wildman–Crippen MR) is 110 cm³/mol. The molecule has 0 radical (unpaired) electrons. The highest BCUT2D eigenvalue weighted by Gasteiger charge is 2.17. The molecule has 27 heavy (non-hydrogen) atoms. The van der Waals surface area contributed by atoms with E-state index in [1.807, 2.05) is 20.8 Å². The largest absolute Gasteiger partial charge is 0.325 e. The molecule has 1 aromatic carbocycles. The molecule has 0 atom stereocenters. The number of aryl methyl sites for hydroxylation is 3. The van der Waals surface area contributed by atoms with Gasteiger partial charge in [0.05, 0.1) is 11.1 Å². The van der Waals surface area contributed by atoms with Crippen molar-refractivity contribution in [3.05, 3.63) is 50.4 Å². The van der Waals surface area contributed by atoms with Crippen LogP contribution in [0.4, 0.5) is 10.1 Å². The second-order valence-corrected chi connectivity index (χ2v) is 8.35. The smallest absolute Gasteiger partial charge is 0.263 e. The summed E-state index contributed by atoms with van der Waals surface area (Å²) in [7, 11) is 0. The van der Waals surface area contributed by atoms with E-state index in [9.17, 15) is 14.0 Å². The maximum absolute atomic E-state index is 13.6. The third kappa shape index (κ3) is 3.91. The van der Waals surface area contributed by atoms with Gasteiger partial charge >= 0.3 is 0 Å². The fourth-order valence-corrected chi connectivity index (χ4v) is 4.63. The summed E-state index contributed by atoms with van der Waals surface area (Å²) >= 11 is 2.69. The molecule has 0 aliphatic heterocycles.